The number of aryl methyl sites for hydroxylation is 1. The molecule has 2 aliphatic heterocycles. The molecule has 0 bridgehead atoms. The number of carbonyl (C=O) groups excluding carboxylic acids is 1. The van der Waals surface area contributed by atoms with Crippen molar-refractivity contribution in [2.75, 3.05) is 32.8 Å². The van der Waals surface area contributed by atoms with Crippen LogP contribution in [0.2, 0.25) is 0 Å². The van der Waals surface area contributed by atoms with E-state index < -0.39 is 0 Å². The van der Waals surface area contributed by atoms with Crippen LogP contribution in [-0.4, -0.2) is 60.6 Å². The summed E-state index contributed by atoms with van der Waals surface area (Å²) in [6, 6.07) is 9.41. The SMILES string of the molecule is Cc1cccc(CC(=O)N2CC(N(CC(C)C)C3CCOCC3)C2)c1. The summed E-state index contributed by atoms with van der Waals surface area (Å²) >= 11 is 0. The molecule has 3 rings (SSSR count). The van der Waals surface area contributed by atoms with Gasteiger partial charge in [-0.25, -0.2) is 0 Å². The quantitative estimate of drug-likeness (QED) is 0.795. The van der Waals surface area contributed by atoms with Crippen molar-refractivity contribution in [3.8, 4) is 0 Å². The van der Waals surface area contributed by atoms with E-state index in [-0.39, 0.29) is 5.91 Å². The number of hydrogen-bond donors (Lipinski definition) is 0. The minimum atomic E-state index is 0.262. The van der Waals surface area contributed by atoms with E-state index in [0.29, 0.717) is 24.4 Å². The minimum absolute atomic E-state index is 0.262. The zero-order chi connectivity index (χ0) is 17.8. The second-order valence-electron chi connectivity index (χ2n) is 8.05. The molecule has 0 saturated carbocycles. The molecule has 4 heteroatoms. The predicted octanol–water partition coefficient (Wildman–Crippen LogP) is 2.89. The highest BCUT2D eigenvalue weighted by Gasteiger charge is 2.38. The van der Waals surface area contributed by atoms with Gasteiger partial charge < -0.3 is 9.64 Å². The molecule has 138 valence electrons. The number of hydrogen-bond acceptors (Lipinski definition) is 3. The van der Waals surface area contributed by atoms with Gasteiger partial charge in [0, 0.05) is 44.9 Å². The zero-order valence-corrected chi connectivity index (χ0v) is 15.9. The first-order valence-electron chi connectivity index (χ1n) is 9.69. The maximum absolute atomic E-state index is 12.6. The Labute approximate surface area is 152 Å². The predicted molar refractivity (Wildman–Crippen MR) is 101 cm³/mol. The van der Waals surface area contributed by atoms with Gasteiger partial charge in [0.1, 0.15) is 0 Å². The lowest BCUT2D eigenvalue weighted by Gasteiger charge is -2.49. The van der Waals surface area contributed by atoms with Gasteiger partial charge in [0.15, 0.2) is 0 Å². The van der Waals surface area contributed by atoms with E-state index in [9.17, 15) is 4.79 Å². The normalized spacial score (nSPS) is 19.5. The number of likely N-dealkylation sites (tertiary alicyclic amines) is 1. The number of amides is 1. The molecule has 2 saturated heterocycles. The number of rotatable bonds is 6. The molecule has 0 atom stereocenters. The van der Waals surface area contributed by atoms with Gasteiger partial charge in [-0.05, 0) is 31.2 Å². The van der Waals surface area contributed by atoms with Crippen LogP contribution in [0.15, 0.2) is 24.3 Å². The highest BCUT2D eigenvalue weighted by Crippen LogP contribution is 2.25. The van der Waals surface area contributed by atoms with Crippen LogP contribution in [0.25, 0.3) is 0 Å². The van der Waals surface area contributed by atoms with Crippen LogP contribution in [0.4, 0.5) is 0 Å². The van der Waals surface area contributed by atoms with Crippen molar-refractivity contribution in [1.29, 1.82) is 0 Å². The van der Waals surface area contributed by atoms with Crippen molar-refractivity contribution in [1.82, 2.24) is 9.80 Å². The van der Waals surface area contributed by atoms with Crippen LogP contribution in [0, 0.1) is 12.8 Å². The van der Waals surface area contributed by atoms with Crippen molar-refractivity contribution >= 4 is 5.91 Å². The molecule has 0 N–H and O–H groups in total. The van der Waals surface area contributed by atoms with Crippen molar-refractivity contribution in [2.24, 2.45) is 5.92 Å². The Morgan fingerprint density at radius 2 is 1.96 bits per heavy atom. The van der Waals surface area contributed by atoms with E-state index in [0.717, 1.165) is 51.3 Å². The van der Waals surface area contributed by atoms with Crippen LogP contribution in [0.3, 0.4) is 0 Å². The van der Waals surface area contributed by atoms with Crippen LogP contribution in [0.1, 0.15) is 37.8 Å². The standard InChI is InChI=1S/C21H32N2O2/c1-16(2)13-23(19-7-9-25-10-8-19)20-14-22(15-20)21(24)12-18-6-4-5-17(3)11-18/h4-6,11,16,19-20H,7-10,12-15H2,1-3H3. The van der Waals surface area contributed by atoms with Gasteiger partial charge >= 0.3 is 0 Å². The molecule has 2 fully saturated rings. The second-order valence-corrected chi connectivity index (χ2v) is 8.05. The molecule has 2 heterocycles. The molecule has 1 aromatic rings. The Balaban J connectivity index is 1.54. The smallest absolute Gasteiger partial charge is 0.227 e. The molecule has 0 spiro atoms. The molecule has 4 nitrogen and oxygen atoms in total. The van der Waals surface area contributed by atoms with Gasteiger partial charge in [0.25, 0.3) is 0 Å². The summed E-state index contributed by atoms with van der Waals surface area (Å²) in [4.78, 5) is 17.2. The first-order valence-corrected chi connectivity index (χ1v) is 9.69. The lowest BCUT2D eigenvalue weighted by Crippen LogP contribution is -2.64. The Kier molecular flexibility index (Phi) is 6.13. The molecule has 0 radical (unpaired) electrons. The number of benzene rings is 1. The van der Waals surface area contributed by atoms with E-state index in [4.69, 9.17) is 4.74 Å². The Morgan fingerprint density at radius 1 is 1.24 bits per heavy atom. The molecular weight excluding hydrogens is 312 g/mol. The highest BCUT2D eigenvalue weighted by atomic mass is 16.5. The fraction of sp³-hybridized carbons (Fsp3) is 0.667. The molecule has 1 aromatic carbocycles. The van der Waals surface area contributed by atoms with Gasteiger partial charge in [-0.15, -0.1) is 0 Å². The van der Waals surface area contributed by atoms with Crippen molar-refractivity contribution in [2.45, 2.75) is 52.1 Å². The minimum Gasteiger partial charge on any atom is -0.381 e. The number of ether oxygens (including phenoxy) is 1. The lowest BCUT2D eigenvalue weighted by atomic mass is 9.97. The summed E-state index contributed by atoms with van der Waals surface area (Å²) in [5, 5.41) is 0. The van der Waals surface area contributed by atoms with Crippen molar-refractivity contribution in [3.05, 3.63) is 35.4 Å². The first-order chi connectivity index (χ1) is 12.0. The number of carbonyl (C=O) groups is 1. The summed E-state index contributed by atoms with van der Waals surface area (Å²) in [5.74, 6) is 0.915. The maximum Gasteiger partial charge on any atom is 0.227 e. The van der Waals surface area contributed by atoms with E-state index in [1.807, 2.05) is 11.0 Å². The average Bonchev–Trinajstić information content (AvgIpc) is 2.53. The van der Waals surface area contributed by atoms with Gasteiger partial charge in [-0.2, -0.15) is 0 Å². The summed E-state index contributed by atoms with van der Waals surface area (Å²) in [6.45, 7) is 11.3. The number of nitrogens with zero attached hydrogens (tertiary/aromatic N) is 2. The van der Waals surface area contributed by atoms with Gasteiger partial charge in [-0.1, -0.05) is 43.7 Å². The van der Waals surface area contributed by atoms with Crippen molar-refractivity contribution in [3.63, 3.8) is 0 Å². The van der Waals surface area contributed by atoms with Crippen LogP contribution >= 0.6 is 0 Å². The molecule has 1 amide bonds. The molecule has 0 aliphatic carbocycles. The van der Waals surface area contributed by atoms with Crippen molar-refractivity contribution < 1.29 is 9.53 Å². The topological polar surface area (TPSA) is 32.8 Å². The van der Waals surface area contributed by atoms with E-state index >= 15 is 0 Å². The van der Waals surface area contributed by atoms with E-state index in [2.05, 4.69) is 43.9 Å². The van der Waals surface area contributed by atoms with Crippen LogP contribution in [-0.2, 0) is 16.0 Å². The van der Waals surface area contributed by atoms with Gasteiger partial charge in [0.05, 0.1) is 6.42 Å². The fourth-order valence-corrected chi connectivity index (χ4v) is 4.01. The van der Waals surface area contributed by atoms with Crippen LogP contribution < -0.4 is 0 Å². The van der Waals surface area contributed by atoms with Gasteiger partial charge in [0.2, 0.25) is 5.91 Å². The maximum atomic E-state index is 12.6. The van der Waals surface area contributed by atoms with Crippen LogP contribution in [0.5, 0.6) is 0 Å². The van der Waals surface area contributed by atoms with Gasteiger partial charge in [-0.3, -0.25) is 9.69 Å². The molecule has 25 heavy (non-hydrogen) atoms. The molecular formula is C21H32N2O2. The summed E-state index contributed by atoms with van der Waals surface area (Å²) in [5.41, 5.74) is 2.34. The second kappa shape index (κ2) is 8.33. The Bertz CT molecular complexity index is 575. The molecule has 0 aromatic heterocycles. The summed E-state index contributed by atoms with van der Waals surface area (Å²) in [6.07, 6.45) is 2.77. The molecule has 2 aliphatic rings. The van der Waals surface area contributed by atoms with E-state index in [1.165, 1.54) is 5.56 Å². The Morgan fingerprint density at radius 3 is 2.60 bits per heavy atom. The molecule has 0 unspecified atom stereocenters. The van der Waals surface area contributed by atoms with E-state index in [1.54, 1.807) is 0 Å². The fourth-order valence-electron chi connectivity index (χ4n) is 4.01. The lowest BCUT2D eigenvalue weighted by molar-refractivity contribution is -0.139. The third-order valence-electron chi connectivity index (χ3n) is 5.36. The average molecular weight is 344 g/mol. The summed E-state index contributed by atoms with van der Waals surface area (Å²) < 4.78 is 5.53. The largest absolute Gasteiger partial charge is 0.381 e. The summed E-state index contributed by atoms with van der Waals surface area (Å²) in [7, 11) is 0. The first kappa shape index (κ1) is 18.4. The third-order valence-corrected chi connectivity index (χ3v) is 5.36. The monoisotopic (exact) mass is 344 g/mol. The third kappa shape index (κ3) is 4.83. The zero-order valence-electron chi connectivity index (χ0n) is 15.9. The Hall–Kier alpha value is -1.39. The highest BCUT2D eigenvalue weighted by molar-refractivity contribution is 5.79.